The van der Waals surface area contributed by atoms with Gasteiger partial charge in [0.2, 0.25) is 0 Å². The van der Waals surface area contributed by atoms with Crippen molar-refractivity contribution in [3.8, 4) is 0 Å². The molecule has 0 bridgehead atoms. The molecule has 0 aliphatic carbocycles. The molecule has 0 unspecified atom stereocenters. The lowest BCUT2D eigenvalue weighted by Gasteiger charge is -2.27. The van der Waals surface area contributed by atoms with Crippen molar-refractivity contribution in [2.24, 2.45) is 0 Å². The molecule has 2 saturated heterocycles. The zero-order chi connectivity index (χ0) is 18.3. The van der Waals surface area contributed by atoms with Crippen LogP contribution < -0.4 is 0 Å². The second kappa shape index (κ2) is 6.66. The van der Waals surface area contributed by atoms with Crippen molar-refractivity contribution in [2.75, 3.05) is 19.7 Å². The minimum atomic E-state index is 0.0267. The Bertz CT molecular complexity index is 853. The molecule has 4 heteroatoms. The number of aromatic nitrogens is 1. The first-order valence-electron chi connectivity index (χ1n) is 9.80. The number of aryl methyl sites for hydroxylation is 3. The van der Waals surface area contributed by atoms with E-state index in [-0.39, 0.29) is 11.5 Å². The van der Waals surface area contributed by atoms with Gasteiger partial charge in [0.05, 0.1) is 16.7 Å². The fourth-order valence-corrected chi connectivity index (χ4v) is 4.53. The maximum Gasteiger partial charge on any atom is 0.254 e. The number of hydrogen-bond donors (Lipinski definition) is 0. The first kappa shape index (κ1) is 17.5. The van der Waals surface area contributed by atoms with E-state index in [2.05, 4.69) is 26.0 Å². The molecule has 26 heavy (non-hydrogen) atoms. The number of ether oxygens (including phenoxy) is 1. The van der Waals surface area contributed by atoms with Gasteiger partial charge in [-0.15, -0.1) is 0 Å². The molecule has 2 aliphatic rings. The summed E-state index contributed by atoms with van der Waals surface area (Å²) < 4.78 is 6.07. The molecule has 1 amide bonds. The van der Waals surface area contributed by atoms with Crippen LogP contribution in [0, 0.1) is 20.8 Å². The maximum absolute atomic E-state index is 13.4. The van der Waals surface area contributed by atoms with E-state index in [0.29, 0.717) is 0 Å². The predicted molar refractivity (Wildman–Crippen MR) is 104 cm³/mol. The van der Waals surface area contributed by atoms with Crippen LogP contribution in [-0.4, -0.2) is 41.1 Å². The number of hydrogen-bond acceptors (Lipinski definition) is 3. The Kier molecular flexibility index (Phi) is 4.47. The van der Waals surface area contributed by atoms with Crippen LogP contribution in [0.5, 0.6) is 0 Å². The standard InChI is InChI=1S/C22H28N2O2/c1-15-6-7-18-19(14-16(2)23-20(18)17(15)3)21(25)24-11-4-8-22(10-12-24)9-5-13-26-22/h6-7,14H,4-5,8-13H2,1-3H3/t22-/m0/s1. The first-order chi connectivity index (χ1) is 12.5. The molecular weight excluding hydrogens is 324 g/mol. The van der Waals surface area contributed by atoms with E-state index >= 15 is 0 Å². The maximum atomic E-state index is 13.4. The van der Waals surface area contributed by atoms with Crippen molar-refractivity contribution >= 4 is 16.8 Å². The third kappa shape index (κ3) is 3.01. The lowest BCUT2D eigenvalue weighted by molar-refractivity contribution is -0.00691. The van der Waals surface area contributed by atoms with Crippen molar-refractivity contribution in [3.05, 3.63) is 40.6 Å². The van der Waals surface area contributed by atoms with Crippen LogP contribution in [0.25, 0.3) is 10.9 Å². The molecule has 1 atom stereocenters. The Hall–Kier alpha value is -1.94. The van der Waals surface area contributed by atoms with E-state index in [1.165, 1.54) is 5.56 Å². The van der Waals surface area contributed by atoms with Crippen LogP contribution in [0.15, 0.2) is 18.2 Å². The SMILES string of the molecule is Cc1cc(C(=O)N2CCC[C@]3(CCCO3)CC2)c2ccc(C)c(C)c2n1. The third-order valence-electron chi connectivity index (χ3n) is 6.23. The van der Waals surface area contributed by atoms with Crippen LogP contribution >= 0.6 is 0 Å². The molecule has 0 saturated carbocycles. The normalized spacial score (nSPS) is 23.6. The van der Waals surface area contributed by atoms with E-state index in [1.54, 1.807) is 0 Å². The second-order valence-electron chi connectivity index (χ2n) is 8.00. The monoisotopic (exact) mass is 352 g/mol. The van der Waals surface area contributed by atoms with E-state index in [0.717, 1.165) is 79.5 Å². The van der Waals surface area contributed by atoms with Gasteiger partial charge >= 0.3 is 0 Å². The molecule has 3 heterocycles. The van der Waals surface area contributed by atoms with Crippen LogP contribution in [0.1, 0.15) is 59.3 Å². The number of nitrogens with zero attached hydrogens (tertiary/aromatic N) is 2. The highest BCUT2D eigenvalue weighted by Gasteiger charge is 2.37. The van der Waals surface area contributed by atoms with Gasteiger partial charge in [-0.3, -0.25) is 9.78 Å². The highest BCUT2D eigenvalue weighted by atomic mass is 16.5. The molecular formula is C22H28N2O2. The zero-order valence-corrected chi connectivity index (χ0v) is 16.1. The highest BCUT2D eigenvalue weighted by Crippen LogP contribution is 2.36. The van der Waals surface area contributed by atoms with Gasteiger partial charge in [-0.1, -0.05) is 12.1 Å². The van der Waals surface area contributed by atoms with Crippen molar-refractivity contribution in [3.63, 3.8) is 0 Å². The van der Waals surface area contributed by atoms with Gasteiger partial charge in [-0.2, -0.15) is 0 Å². The molecule has 4 nitrogen and oxygen atoms in total. The van der Waals surface area contributed by atoms with Crippen LogP contribution in [0.4, 0.5) is 0 Å². The number of likely N-dealkylation sites (tertiary alicyclic amines) is 1. The number of rotatable bonds is 1. The summed E-state index contributed by atoms with van der Waals surface area (Å²) in [7, 11) is 0. The average molecular weight is 352 g/mol. The summed E-state index contributed by atoms with van der Waals surface area (Å²) in [6.45, 7) is 8.63. The number of pyridine rings is 1. The Morgan fingerprint density at radius 2 is 1.92 bits per heavy atom. The molecule has 2 fully saturated rings. The van der Waals surface area contributed by atoms with Gasteiger partial charge in [-0.05, 0) is 70.1 Å². The molecule has 1 aromatic carbocycles. The Morgan fingerprint density at radius 1 is 1.12 bits per heavy atom. The number of benzene rings is 1. The molecule has 1 spiro atoms. The van der Waals surface area contributed by atoms with Gasteiger partial charge in [0.1, 0.15) is 0 Å². The Labute approximate surface area is 155 Å². The highest BCUT2D eigenvalue weighted by molar-refractivity contribution is 6.07. The Morgan fingerprint density at radius 3 is 2.69 bits per heavy atom. The molecule has 4 rings (SSSR count). The molecule has 1 aromatic heterocycles. The van der Waals surface area contributed by atoms with Gasteiger partial charge in [-0.25, -0.2) is 0 Å². The summed E-state index contributed by atoms with van der Waals surface area (Å²) in [4.78, 5) is 20.1. The second-order valence-corrected chi connectivity index (χ2v) is 8.00. The van der Waals surface area contributed by atoms with Crippen molar-refractivity contribution in [1.82, 2.24) is 9.88 Å². The molecule has 0 radical (unpaired) electrons. The fourth-order valence-electron chi connectivity index (χ4n) is 4.53. The minimum Gasteiger partial charge on any atom is -0.375 e. The fraction of sp³-hybridized carbons (Fsp3) is 0.545. The quantitative estimate of drug-likeness (QED) is 0.767. The molecule has 138 valence electrons. The largest absolute Gasteiger partial charge is 0.375 e. The topological polar surface area (TPSA) is 42.4 Å². The zero-order valence-electron chi connectivity index (χ0n) is 16.1. The summed E-state index contributed by atoms with van der Waals surface area (Å²) >= 11 is 0. The third-order valence-corrected chi connectivity index (χ3v) is 6.23. The number of amides is 1. The number of fused-ring (bicyclic) bond motifs is 1. The summed E-state index contributed by atoms with van der Waals surface area (Å²) in [6, 6.07) is 6.10. The van der Waals surface area contributed by atoms with Crippen LogP contribution in [0.3, 0.4) is 0 Å². The van der Waals surface area contributed by atoms with Crippen LogP contribution in [-0.2, 0) is 4.74 Å². The lowest BCUT2D eigenvalue weighted by atomic mass is 9.92. The van der Waals surface area contributed by atoms with Crippen molar-refractivity contribution < 1.29 is 9.53 Å². The van der Waals surface area contributed by atoms with Crippen molar-refractivity contribution in [1.29, 1.82) is 0 Å². The Balaban J connectivity index is 1.67. The molecule has 2 aliphatic heterocycles. The van der Waals surface area contributed by atoms with E-state index in [9.17, 15) is 4.79 Å². The summed E-state index contributed by atoms with van der Waals surface area (Å²) in [5, 5.41) is 0.972. The van der Waals surface area contributed by atoms with Gasteiger partial charge in [0.15, 0.2) is 0 Å². The average Bonchev–Trinajstić information content (AvgIpc) is 2.98. The van der Waals surface area contributed by atoms with Crippen LogP contribution in [0.2, 0.25) is 0 Å². The van der Waals surface area contributed by atoms with E-state index in [4.69, 9.17) is 9.72 Å². The van der Waals surface area contributed by atoms with Gasteiger partial charge in [0, 0.05) is 30.8 Å². The molecule has 2 aromatic rings. The van der Waals surface area contributed by atoms with Crippen molar-refractivity contribution in [2.45, 2.75) is 58.5 Å². The summed E-state index contributed by atoms with van der Waals surface area (Å²) in [5.74, 6) is 0.138. The molecule has 0 N–H and O–H groups in total. The first-order valence-corrected chi connectivity index (χ1v) is 9.80. The van der Waals surface area contributed by atoms with Gasteiger partial charge < -0.3 is 9.64 Å². The summed E-state index contributed by atoms with van der Waals surface area (Å²) in [5.41, 5.74) is 5.05. The minimum absolute atomic E-state index is 0.0267. The summed E-state index contributed by atoms with van der Waals surface area (Å²) in [6.07, 6.45) is 5.35. The van der Waals surface area contributed by atoms with Gasteiger partial charge in [0.25, 0.3) is 5.91 Å². The van der Waals surface area contributed by atoms with E-state index < -0.39 is 0 Å². The number of carbonyl (C=O) groups is 1. The lowest BCUT2D eigenvalue weighted by Crippen LogP contribution is -2.34. The number of carbonyl (C=O) groups excluding carboxylic acids is 1. The predicted octanol–water partition coefficient (Wildman–Crippen LogP) is 4.34. The smallest absolute Gasteiger partial charge is 0.254 e. The van der Waals surface area contributed by atoms with E-state index in [1.807, 2.05) is 17.9 Å².